The predicted molar refractivity (Wildman–Crippen MR) is 90.2 cm³/mol. The molecule has 0 amide bonds. The highest BCUT2D eigenvalue weighted by atomic mass is 35.5. The number of aryl methyl sites for hydroxylation is 1. The van der Waals surface area contributed by atoms with Gasteiger partial charge in [0.15, 0.2) is 0 Å². The Labute approximate surface area is 136 Å². The Kier molecular flexibility index (Phi) is 4.75. The number of hydrogen-bond donors (Lipinski definition) is 0. The Balaban J connectivity index is 1.88. The van der Waals surface area contributed by atoms with Crippen LogP contribution in [-0.2, 0) is 6.54 Å². The van der Waals surface area contributed by atoms with E-state index in [2.05, 4.69) is 15.6 Å². The van der Waals surface area contributed by atoms with Crippen LogP contribution in [0.3, 0.4) is 0 Å². The van der Waals surface area contributed by atoms with E-state index in [0.29, 0.717) is 5.02 Å². The second-order valence-corrected chi connectivity index (χ2v) is 7.20. The van der Waals surface area contributed by atoms with Gasteiger partial charge < -0.3 is 4.57 Å². The van der Waals surface area contributed by atoms with Gasteiger partial charge in [-0.05, 0) is 31.4 Å². The van der Waals surface area contributed by atoms with Crippen LogP contribution in [-0.4, -0.2) is 9.55 Å². The number of halogens is 2. The maximum absolute atomic E-state index is 6.33. The van der Waals surface area contributed by atoms with Crippen LogP contribution in [0.4, 0.5) is 0 Å². The lowest BCUT2D eigenvalue weighted by molar-refractivity contribution is 0.324. The molecule has 0 spiro atoms. The second-order valence-electron chi connectivity index (χ2n) is 6.14. The van der Waals surface area contributed by atoms with Crippen LogP contribution in [0.25, 0.3) is 11.0 Å². The van der Waals surface area contributed by atoms with E-state index in [9.17, 15) is 0 Å². The summed E-state index contributed by atoms with van der Waals surface area (Å²) in [6.45, 7) is 2.97. The number of para-hydroxylation sites is 1. The molecule has 0 radical (unpaired) electrons. The third kappa shape index (κ3) is 3.22. The zero-order chi connectivity index (χ0) is 14.8. The number of benzene rings is 1. The van der Waals surface area contributed by atoms with Crippen LogP contribution < -0.4 is 0 Å². The molecule has 2 nitrogen and oxygen atoms in total. The summed E-state index contributed by atoms with van der Waals surface area (Å²) >= 11 is 12.6. The van der Waals surface area contributed by atoms with Gasteiger partial charge in [0.1, 0.15) is 11.3 Å². The summed E-state index contributed by atoms with van der Waals surface area (Å²) in [6.07, 6.45) is 8.15. The quantitative estimate of drug-likeness (QED) is 0.634. The first-order valence-electron chi connectivity index (χ1n) is 7.95. The van der Waals surface area contributed by atoms with Gasteiger partial charge >= 0.3 is 0 Å². The molecular formula is C17H22Cl2N2. The van der Waals surface area contributed by atoms with E-state index in [1.54, 1.807) is 0 Å². The number of aromatic nitrogens is 2. The SMILES string of the molecule is CC(Cl)c1nc2c(Cl)cccc2n1CCC1CCCCC1. The first-order valence-corrected chi connectivity index (χ1v) is 8.77. The average molecular weight is 325 g/mol. The molecule has 1 aromatic carbocycles. The summed E-state index contributed by atoms with van der Waals surface area (Å²) in [7, 11) is 0. The van der Waals surface area contributed by atoms with E-state index in [0.717, 1.165) is 29.3 Å². The van der Waals surface area contributed by atoms with Gasteiger partial charge in [-0.3, -0.25) is 0 Å². The van der Waals surface area contributed by atoms with E-state index >= 15 is 0 Å². The maximum atomic E-state index is 6.33. The standard InChI is InChI=1S/C17H22Cl2N2/c1-12(18)17-20-16-14(19)8-5-9-15(16)21(17)11-10-13-6-3-2-4-7-13/h5,8-9,12-13H,2-4,6-7,10-11H2,1H3. The van der Waals surface area contributed by atoms with Crippen LogP contribution >= 0.6 is 23.2 Å². The normalized spacial score (nSPS) is 18.2. The Morgan fingerprint density at radius 3 is 2.76 bits per heavy atom. The zero-order valence-electron chi connectivity index (χ0n) is 12.5. The summed E-state index contributed by atoms with van der Waals surface area (Å²) < 4.78 is 2.27. The molecule has 1 saturated carbocycles. The fourth-order valence-corrected chi connectivity index (χ4v) is 3.84. The molecule has 21 heavy (non-hydrogen) atoms. The number of nitrogens with zero attached hydrogens (tertiary/aromatic N) is 2. The van der Waals surface area contributed by atoms with Crippen molar-refractivity contribution in [1.29, 1.82) is 0 Å². The van der Waals surface area contributed by atoms with E-state index < -0.39 is 0 Å². The van der Waals surface area contributed by atoms with Gasteiger partial charge in [0.25, 0.3) is 0 Å². The van der Waals surface area contributed by atoms with Gasteiger partial charge in [-0.1, -0.05) is 49.8 Å². The van der Waals surface area contributed by atoms with Crippen LogP contribution in [0.2, 0.25) is 5.02 Å². The molecule has 1 aliphatic rings. The largest absolute Gasteiger partial charge is 0.327 e. The average Bonchev–Trinajstić information content (AvgIpc) is 2.87. The molecule has 3 rings (SSSR count). The molecule has 0 aliphatic heterocycles. The van der Waals surface area contributed by atoms with E-state index in [1.165, 1.54) is 38.5 Å². The van der Waals surface area contributed by atoms with Crippen molar-refractivity contribution in [2.24, 2.45) is 5.92 Å². The number of fused-ring (bicyclic) bond motifs is 1. The van der Waals surface area contributed by atoms with E-state index in [1.807, 2.05) is 19.1 Å². The topological polar surface area (TPSA) is 17.8 Å². The van der Waals surface area contributed by atoms with Crippen molar-refractivity contribution in [2.45, 2.75) is 57.4 Å². The highest BCUT2D eigenvalue weighted by Gasteiger charge is 2.19. The summed E-state index contributed by atoms with van der Waals surface area (Å²) in [5, 5.41) is 0.613. The number of imidazole rings is 1. The van der Waals surface area contributed by atoms with Crippen molar-refractivity contribution in [3.8, 4) is 0 Å². The fourth-order valence-electron chi connectivity index (χ4n) is 3.46. The Morgan fingerprint density at radius 1 is 1.29 bits per heavy atom. The molecule has 1 fully saturated rings. The summed E-state index contributed by atoms with van der Waals surface area (Å²) in [5.74, 6) is 1.80. The maximum Gasteiger partial charge on any atom is 0.127 e. The minimum atomic E-state index is -0.0974. The van der Waals surface area contributed by atoms with Gasteiger partial charge in [0.05, 0.1) is 15.9 Å². The molecule has 114 valence electrons. The van der Waals surface area contributed by atoms with Crippen molar-refractivity contribution in [1.82, 2.24) is 9.55 Å². The minimum Gasteiger partial charge on any atom is -0.327 e. The van der Waals surface area contributed by atoms with Gasteiger partial charge in [-0.15, -0.1) is 11.6 Å². The Bertz CT molecular complexity index is 613. The molecule has 4 heteroatoms. The van der Waals surface area contributed by atoms with Crippen LogP contribution in [0.1, 0.15) is 56.7 Å². The Morgan fingerprint density at radius 2 is 2.05 bits per heavy atom. The van der Waals surface area contributed by atoms with E-state index in [-0.39, 0.29) is 5.38 Å². The highest BCUT2D eigenvalue weighted by Crippen LogP contribution is 2.31. The van der Waals surface area contributed by atoms with Crippen molar-refractivity contribution >= 4 is 34.2 Å². The first-order chi connectivity index (χ1) is 10.2. The summed E-state index contributed by atoms with van der Waals surface area (Å²) in [4.78, 5) is 4.67. The molecule has 1 atom stereocenters. The predicted octanol–water partition coefficient (Wildman–Crippen LogP) is 5.96. The molecule has 0 N–H and O–H groups in total. The molecule has 1 unspecified atom stereocenters. The third-order valence-corrected chi connectivity index (χ3v) is 5.10. The number of rotatable bonds is 4. The first kappa shape index (κ1) is 15.2. The number of hydrogen-bond acceptors (Lipinski definition) is 1. The zero-order valence-corrected chi connectivity index (χ0v) is 14.0. The fraction of sp³-hybridized carbons (Fsp3) is 0.588. The molecule has 2 aromatic rings. The van der Waals surface area contributed by atoms with Crippen LogP contribution in [0.5, 0.6) is 0 Å². The van der Waals surface area contributed by atoms with Gasteiger partial charge in [-0.2, -0.15) is 0 Å². The smallest absolute Gasteiger partial charge is 0.127 e. The molecule has 0 saturated heterocycles. The monoisotopic (exact) mass is 324 g/mol. The summed E-state index contributed by atoms with van der Waals surface area (Å²) in [5.41, 5.74) is 1.99. The second kappa shape index (κ2) is 6.58. The molecule has 0 bridgehead atoms. The molecule has 1 heterocycles. The molecule has 1 aromatic heterocycles. The number of alkyl halides is 1. The van der Waals surface area contributed by atoms with Crippen molar-refractivity contribution in [2.75, 3.05) is 0 Å². The molecule has 1 aliphatic carbocycles. The van der Waals surface area contributed by atoms with Crippen LogP contribution in [0.15, 0.2) is 18.2 Å². The third-order valence-electron chi connectivity index (χ3n) is 4.60. The minimum absolute atomic E-state index is 0.0974. The van der Waals surface area contributed by atoms with Gasteiger partial charge in [0.2, 0.25) is 0 Å². The Hall–Kier alpha value is -0.730. The van der Waals surface area contributed by atoms with Crippen molar-refractivity contribution < 1.29 is 0 Å². The summed E-state index contributed by atoms with van der Waals surface area (Å²) in [6, 6.07) is 5.98. The van der Waals surface area contributed by atoms with E-state index in [4.69, 9.17) is 23.2 Å². The molecular weight excluding hydrogens is 303 g/mol. The highest BCUT2D eigenvalue weighted by molar-refractivity contribution is 6.35. The van der Waals surface area contributed by atoms with Crippen molar-refractivity contribution in [3.05, 3.63) is 29.0 Å². The van der Waals surface area contributed by atoms with Gasteiger partial charge in [-0.25, -0.2) is 4.98 Å². The lowest BCUT2D eigenvalue weighted by atomic mass is 9.87. The lowest BCUT2D eigenvalue weighted by Gasteiger charge is -2.22. The lowest BCUT2D eigenvalue weighted by Crippen LogP contribution is -2.12. The van der Waals surface area contributed by atoms with Crippen LogP contribution in [0, 0.1) is 5.92 Å². The van der Waals surface area contributed by atoms with Crippen molar-refractivity contribution in [3.63, 3.8) is 0 Å². The van der Waals surface area contributed by atoms with Gasteiger partial charge in [0, 0.05) is 6.54 Å².